The minimum absolute atomic E-state index is 0.108. The summed E-state index contributed by atoms with van der Waals surface area (Å²) in [4.78, 5) is 12.1. The first kappa shape index (κ1) is 13.9. The maximum Gasteiger partial charge on any atom is 0.225 e. The van der Waals surface area contributed by atoms with Crippen LogP contribution in [0.15, 0.2) is 30.3 Å². The van der Waals surface area contributed by atoms with E-state index in [9.17, 15) is 4.79 Å². The van der Waals surface area contributed by atoms with Crippen molar-refractivity contribution in [2.75, 3.05) is 5.32 Å². The standard InChI is InChI=1S/C19H21NO/c1-11-5-6-12(2)15(7-11)16-10-19(21)20-18-9-14(4)13(3)8-17(16)18/h5-9,16H,10H2,1-4H3,(H,20,21)/t16-/m1/s1. The molecule has 2 aromatic rings. The molecule has 0 aliphatic carbocycles. The number of hydrogen-bond acceptors (Lipinski definition) is 1. The molecule has 0 saturated heterocycles. The maximum atomic E-state index is 12.1. The average molecular weight is 279 g/mol. The Morgan fingerprint density at radius 3 is 2.38 bits per heavy atom. The molecule has 1 aliphatic heterocycles. The summed E-state index contributed by atoms with van der Waals surface area (Å²) in [7, 11) is 0. The summed E-state index contributed by atoms with van der Waals surface area (Å²) in [6.45, 7) is 8.45. The van der Waals surface area contributed by atoms with Crippen molar-refractivity contribution in [3.05, 3.63) is 63.7 Å². The summed E-state index contributed by atoms with van der Waals surface area (Å²) in [5.74, 6) is 0.268. The van der Waals surface area contributed by atoms with E-state index in [-0.39, 0.29) is 11.8 Å². The number of benzene rings is 2. The van der Waals surface area contributed by atoms with E-state index in [1.807, 2.05) is 0 Å². The monoisotopic (exact) mass is 279 g/mol. The van der Waals surface area contributed by atoms with E-state index >= 15 is 0 Å². The van der Waals surface area contributed by atoms with Gasteiger partial charge in [-0.1, -0.05) is 29.8 Å². The molecular weight excluding hydrogens is 258 g/mol. The van der Waals surface area contributed by atoms with E-state index in [0.717, 1.165) is 5.69 Å². The lowest BCUT2D eigenvalue weighted by molar-refractivity contribution is -0.116. The van der Waals surface area contributed by atoms with E-state index in [2.05, 4.69) is 63.3 Å². The van der Waals surface area contributed by atoms with Gasteiger partial charge in [-0.25, -0.2) is 0 Å². The fourth-order valence-electron chi connectivity index (χ4n) is 3.14. The largest absolute Gasteiger partial charge is 0.326 e. The van der Waals surface area contributed by atoms with Crippen LogP contribution >= 0.6 is 0 Å². The Morgan fingerprint density at radius 2 is 1.62 bits per heavy atom. The number of aryl methyl sites for hydroxylation is 4. The van der Waals surface area contributed by atoms with Crippen molar-refractivity contribution in [1.82, 2.24) is 0 Å². The molecule has 1 atom stereocenters. The fraction of sp³-hybridized carbons (Fsp3) is 0.316. The number of nitrogens with one attached hydrogen (secondary N) is 1. The molecule has 21 heavy (non-hydrogen) atoms. The van der Waals surface area contributed by atoms with Gasteiger partial charge in [0.05, 0.1) is 0 Å². The molecule has 1 heterocycles. The Labute approximate surface area is 126 Å². The molecule has 2 aromatic carbocycles. The molecule has 1 amide bonds. The minimum atomic E-state index is 0.108. The average Bonchev–Trinajstić information content (AvgIpc) is 2.43. The van der Waals surface area contributed by atoms with Crippen LogP contribution in [0.4, 0.5) is 5.69 Å². The van der Waals surface area contributed by atoms with E-state index in [1.165, 1.54) is 33.4 Å². The number of carbonyl (C=O) groups is 1. The van der Waals surface area contributed by atoms with E-state index in [0.29, 0.717) is 6.42 Å². The SMILES string of the molecule is Cc1ccc(C)c([C@H]2CC(=O)Nc3cc(C)c(C)cc32)c1. The Hall–Kier alpha value is -2.09. The zero-order valence-corrected chi connectivity index (χ0v) is 13.1. The molecule has 0 saturated carbocycles. The summed E-state index contributed by atoms with van der Waals surface area (Å²) in [6.07, 6.45) is 0.528. The van der Waals surface area contributed by atoms with Crippen molar-refractivity contribution in [2.45, 2.75) is 40.0 Å². The molecule has 0 bridgehead atoms. The van der Waals surface area contributed by atoms with Gasteiger partial charge >= 0.3 is 0 Å². The quantitative estimate of drug-likeness (QED) is 0.824. The van der Waals surface area contributed by atoms with E-state index in [1.54, 1.807) is 0 Å². The Balaban J connectivity index is 2.19. The molecule has 108 valence electrons. The van der Waals surface area contributed by atoms with Gasteiger partial charge in [-0.15, -0.1) is 0 Å². The van der Waals surface area contributed by atoms with Crippen molar-refractivity contribution in [3.63, 3.8) is 0 Å². The van der Waals surface area contributed by atoms with Gasteiger partial charge in [0.1, 0.15) is 0 Å². The highest BCUT2D eigenvalue weighted by Crippen LogP contribution is 2.39. The number of anilines is 1. The molecule has 1 N–H and O–H groups in total. The van der Waals surface area contributed by atoms with Crippen LogP contribution in [0.3, 0.4) is 0 Å². The van der Waals surface area contributed by atoms with Crippen LogP contribution in [0.5, 0.6) is 0 Å². The second-order valence-corrected chi connectivity index (χ2v) is 6.19. The topological polar surface area (TPSA) is 29.1 Å². The van der Waals surface area contributed by atoms with E-state index in [4.69, 9.17) is 0 Å². The van der Waals surface area contributed by atoms with Gasteiger partial charge in [0, 0.05) is 18.0 Å². The van der Waals surface area contributed by atoms with Crippen LogP contribution < -0.4 is 5.32 Å². The van der Waals surface area contributed by atoms with Gasteiger partial charge in [-0.2, -0.15) is 0 Å². The molecule has 0 radical (unpaired) electrons. The number of amides is 1. The van der Waals surface area contributed by atoms with Crippen molar-refractivity contribution in [1.29, 1.82) is 0 Å². The maximum absolute atomic E-state index is 12.1. The van der Waals surface area contributed by atoms with Crippen LogP contribution in [0, 0.1) is 27.7 Å². The number of hydrogen-bond donors (Lipinski definition) is 1. The Morgan fingerprint density at radius 1 is 0.905 bits per heavy atom. The highest BCUT2D eigenvalue weighted by Gasteiger charge is 2.28. The molecule has 2 heteroatoms. The molecule has 1 aliphatic rings. The zero-order valence-electron chi connectivity index (χ0n) is 13.1. The van der Waals surface area contributed by atoms with Crippen molar-refractivity contribution in [3.8, 4) is 0 Å². The first-order valence-corrected chi connectivity index (χ1v) is 7.44. The van der Waals surface area contributed by atoms with Gasteiger partial charge in [0.15, 0.2) is 0 Å². The smallest absolute Gasteiger partial charge is 0.225 e. The van der Waals surface area contributed by atoms with Gasteiger partial charge < -0.3 is 5.32 Å². The lowest BCUT2D eigenvalue weighted by atomic mass is 9.81. The van der Waals surface area contributed by atoms with Gasteiger partial charge in [-0.3, -0.25) is 4.79 Å². The number of rotatable bonds is 1. The van der Waals surface area contributed by atoms with Crippen molar-refractivity contribution >= 4 is 11.6 Å². The third-order valence-electron chi connectivity index (χ3n) is 4.52. The fourth-order valence-corrected chi connectivity index (χ4v) is 3.14. The summed E-state index contributed by atoms with van der Waals surface area (Å²) in [5.41, 5.74) is 8.48. The third-order valence-corrected chi connectivity index (χ3v) is 4.52. The molecule has 2 nitrogen and oxygen atoms in total. The predicted octanol–water partition coefficient (Wildman–Crippen LogP) is 4.39. The molecule has 0 fully saturated rings. The van der Waals surface area contributed by atoms with E-state index < -0.39 is 0 Å². The normalized spacial score (nSPS) is 17.3. The van der Waals surface area contributed by atoms with Crippen LogP contribution in [-0.4, -0.2) is 5.91 Å². The highest BCUT2D eigenvalue weighted by molar-refractivity contribution is 5.95. The summed E-state index contributed by atoms with van der Waals surface area (Å²) in [6, 6.07) is 10.8. The minimum Gasteiger partial charge on any atom is -0.326 e. The van der Waals surface area contributed by atoms with Crippen molar-refractivity contribution in [2.24, 2.45) is 0 Å². The van der Waals surface area contributed by atoms with Crippen LogP contribution in [0.25, 0.3) is 0 Å². The van der Waals surface area contributed by atoms with Crippen LogP contribution in [0.1, 0.15) is 45.7 Å². The highest BCUT2D eigenvalue weighted by atomic mass is 16.1. The summed E-state index contributed by atoms with van der Waals surface area (Å²) in [5, 5.41) is 3.02. The number of carbonyl (C=O) groups excluding carboxylic acids is 1. The summed E-state index contributed by atoms with van der Waals surface area (Å²) < 4.78 is 0. The molecule has 0 aromatic heterocycles. The third kappa shape index (κ3) is 2.46. The zero-order chi connectivity index (χ0) is 15.1. The second-order valence-electron chi connectivity index (χ2n) is 6.19. The Bertz CT molecular complexity index is 731. The lowest BCUT2D eigenvalue weighted by Gasteiger charge is -2.28. The first-order chi connectivity index (χ1) is 9.95. The van der Waals surface area contributed by atoms with Gasteiger partial charge in [-0.05, 0) is 61.6 Å². The predicted molar refractivity (Wildman–Crippen MR) is 86.9 cm³/mol. The number of fused-ring (bicyclic) bond motifs is 1. The molecule has 0 unspecified atom stereocenters. The van der Waals surface area contributed by atoms with Gasteiger partial charge in [0.25, 0.3) is 0 Å². The van der Waals surface area contributed by atoms with Crippen molar-refractivity contribution < 1.29 is 4.79 Å². The molecule has 0 spiro atoms. The van der Waals surface area contributed by atoms with Crippen LogP contribution in [-0.2, 0) is 4.79 Å². The summed E-state index contributed by atoms with van der Waals surface area (Å²) >= 11 is 0. The molecule has 3 rings (SSSR count). The Kier molecular flexibility index (Phi) is 3.32. The lowest BCUT2D eigenvalue weighted by Crippen LogP contribution is -2.24. The van der Waals surface area contributed by atoms with Gasteiger partial charge in [0.2, 0.25) is 5.91 Å². The van der Waals surface area contributed by atoms with Crippen LogP contribution in [0.2, 0.25) is 0 Å². The molecular formula is C19H21NO. The first-order valence-electron chi connectivity index (χ1n) is 7.44. The second kappa shape index (κ2) is 5.03.